The summed E-state index contributed by atoms with van der Waals surface area (Å²) >= 11 is 1.76. The number of aliphatic carboxylic acids is 3. The number of carbonyl (C=O) groups excluding carboxylic acids is 2. The van der Waals surface area contributed by atoms with Gasteiger partial charge in [0.25, 0.3) is 5.91 Å². The van der Waals surface area contributed by atoms with Gasteiger partial charge in [-0.3, -0.25) is 43.6 Å². The average Bonchev–Trinajstić information content (AvgIpc) is 2.89. The van der Waals surface area contributed by atoms with Gasteiger partial charge in [-0.25, -0.2) is 10.3 Å². The maximum Gasteiger partial charge on any atom is 0.317 e. The van der Waals surface area contributed by atoms with Crippen LogP contribution in [-0.4, -0.2) is 175 Å². The molecule has 236 valence electrons. The van der Waals surface area contributed by atoms with E-state index in [1.54, 1.807) is 31.4 Å². The van der Waals surface area contributed by atoms with E-state index in [4.69, 9.17) is 4.84 Å². The summed E-state index contributed by atoms with van der Waals surface area (Å²) in [5.74, 6) is -2.47. The maximum absolute atomic E-state index is 12.5. The lowest BCUT2D eigenvalue weighted by Gasteiger charge is -2.32. The van der Waals surface area contributed by atoms with Crippen LogP contribution < -0.4 is 16.1 Å². The molecule has 0 bridgehead atoms. The number of amides is 3. The Morgan fingerprint density at radius 2 is 1.07 bits per heavy atom. The maximum atomic E-state index is 12.5. The second-order valence-corrected chi connectivity index (χ2v) is 10.5. The van der Waals surface area contributed by atoms with Gasteiger partial charge in [0.2, 0.25) is 0 Å². The van der Waals surface area contributed by atoms with Gasteiger partial charge in [-0.05, 0) is 24.9 Å². The topological polar surface area (TPSA) is 204 Å². The highest BCUT2D eigenvalue weighted by molar-refractivity contribution is 7.98. The van der Waals surface area contributed by atoms with E-state index in [-0.39, 0.29) is 45.4 Å². The Morgan fingerprint density at radius 1 is 0.659 bits per heavy atom. The predicted octanol–water partition coefficient (Wildman–Crippen LogP) is -2.05. The smallest absolute Gasteiger partial charge is 0.317 e. The van der Waals surface area contributed by atoms with Crippen LogP contribution >= 0.6 is 11.8 Å². The van der Waals surface area contributed by atoms with Crippen LogP contribution in [0.1, 0.15) is 12.8 Å². The van der Waals surface area contributed by atoms with E-state index in [1.165, 1.54) is 0 Å². The standard InChI is InChI=1S/C24H45N7O9S/c1-41-15-3-2-4-25-24(39)26-5-14-40-27-20(32)16-28-6-8-29(17-21(33)34)10-12-31(19-23(37)38)13-11-30(9-7-28)18-22(35)36/h2-19H2,1H3,(H,27,32)(H,33,34)(H,35,36)(H,37,38)(H2,25,26,39). The molecule has 1 aliphatic rings. The van der Waals surface area contributed by atoms with Crippen LogP contribution in [0.3, 0.4) is 0 Å². The van der Waals surface area contributed by atoms with Crippen molar-refractivity contribution in [2.75, 3.05) is 110 Å². The number of nitrogens with zero attached hydrogens (tertiary/aromatic N) is 4. The van der Waals surface area contributed by atoms with E-state index in [9.17, 15) is 39.3 Å². The van der Waals surface area contributed by atoms with Crippen molar-refractivity contribution in [3.8, 4) is 0 Å². The zero-order valence-electron chi connectivity index (χ0n) is 23.7. The van der Waals surface area contributed by atoms with Gasteiger partial charge in [0.1, 0.15) is 0 Å². The largest absolute Gasteiger partial charge is 0.480 e. The number of hydrogen-bond donors (Lipinski definition) is 6. The Hall–Kier alpha value is -2.70. The first-order chi connectivity index (χ1) is 19.6. The van der Waals surface area contributed by atoms with Crippen LogP contribution in [0.15, 0.2) is 0 Å². The highest BCUT2D eigenvalue weighted by Crippen LogP contribution is 2.02. The van der Waals surface area contributed by atoms with Gasteiger partial charge in [-0.1, -0.05) is 0 Å². The normalized spacial score (nSPS) is 16.7. The number of urea groups is 1. The zero-order chi connectivity index (χ0) is 30.5. The second kappa shape index (κ2) is 22.0. The zero-order valence-corrected chi connectivity index (χ0v) is 24.5. The lowest BCUT2D eigenvalue weighted by Crippen LogP contribution is -2.49. The lowest BCUT2D eigenvalue weighted by atomic mass is 10.3. The van der Waals surface area contributed by atoms with E-state index in [0.29, 0.717) is 58.9 Å². The molecule has 0 aromatic rings. The molecule has 6 N–H and O–H groups in total. The molecule has 1 fully saturated rings. The molecular weight excluding hydrogens is 562 g/mol. The van der Waals surface area contributed by atoms with Crippen LogP contribution in [0.4, 0.5) is 4.79 Å². The fraction of sp³-hybridized carbons (Fsp3) is 0.792. The fourth-order valence-electron chi connectivity index (χ4n) is 4.00. The number of carboxylic acid groups (broad SMARTS) is 3. The first-order valence-electron chi connectivity index (χ1n) is 13.5. The summed E-state index contributed by atoms with van der Waals surface area (Å²) < 4.78 is 0. The molecule has 0 aromatic heterocycles. The summed E-state index contributed by atoms with van der Waals surface area (Å²) in [4.78, 5) is 70.3. The number of hydrogen-bond acceptors (Lipinski definition) is 11. The summed E-state index contributed by atoms with van der Waals surface area (Å²) in [6, 6.07) is -0.314. The van der Waals surface area contributed by atoms with Crippen LogP contribution in [0.25, 0.3) is 0 Å². The first kappa shape index (κ1) is 36.3. The molecule has 17 heteroatoms. The van der Waals surface area contributed by atoms with E-state index < -0.39 is 23.8 Å². The number of rotatable bonds is 17. The van der Waals surface area contributed by atoms with Gasteiger partial charge in [-0.2, -0.15) is 11.8 Å². The molecule has 1 heterocycles. The highest BCUT2D eigenvalue weighted by Gasteiger charge is 2.21. The summed E-state index contributed by atoms with van der Waals surface area (Å²) in [6.45, 7) is 2.42. The third-order valence-corrected chi connectivity index (χ3v) is 6.81. The molecular formula is C24H45N7O9S. The van der Waals surface area contributed by atoms with Crippen molar-refractivity contribution < 1.29 is 44.1 Å². The fourth-order valence-corrected chi connectivity index (χ4v) is 4.50. The Bertz CT molecular complexity index is 792. The molecule has 0 spiro atoms. The van der Waals surface area contributed by atoms with Crippen LogP contribution in [0.2, 0.25) is 0 Å². The lowest BCUT2D eigenvalue weighted by molar-refractivity contribution is -0.141. The van der Waals surface area contributed by atoms with Gasteiger partial charge in [0.05, 0.1) is 32.8 Å². The second-order valence-electron chi connectivity index (χ2n) is 9.54. The summed E-state index contributed by atoms with van der Waals surface area (Å²) in [5, 5.41) is 33.2. The molecule has 41 heavy (non-hydrogen) atoms. The minimum absolute atomic E-state index is 0.0528. The number of nitrogens with one attached hydrogen (secondary N) is 3. The number of unbranched alkanes of at least 4 members (excludes halogenated alkanes) is 1. The molecule has 3 amide bonds. The van der Waals surface area contributed by atoms with Crippen molar-refractivity contribution in [3.05, 3.63) is 0 Å². The Balaban J connectivity index is 2.61. The van der Waals surface area contributed by atoms with Crippen molar-refractivity contribution in [1.29, 1.82) is 0 Å². The quantitative estimate of drug-likeness (QED) is 0.0778. The van der Waals surface area contributed by atoms with Crippen molar-refractivity contribution >= 4 is 41.6 Å². The summed E-state index contributed by atoms with van der Waals surface area (Å²) in [7, 11) is 0. The Labute approximate surface area is 244 Å². The third kappa shape index (κ3) is 19.9. The van der Waals surface area contributed by atoms with E-state index in [2.05, 4.69) is 16.1 Å². The third-order valence-electron chi connectivity index (χ3n) is 6.11. The van der Waals surface area contributed by atoms with Gasteiger partial charge in [0, 0.05) is 65.4 Å². The Morgan fingerprint density at radius 3 is 1.49 bits per heavy atom. The number of carbonyl (C=O) groups is 5. The van der Waals surface area contributed by atoms with Crippen LogP contribution in [0.5, 0.6) is 0 Å². The highest BCUT2D eigenvalue weighted by atomic mass is 32.2. The SMILES string of the molecule is CSCCCCNC(=O)NCCONC(=O)CN1CCN(CC(=O)O)CCN(CC(=O)O)CCN(CC(=O)O)CC1. The molecule has 0 aromatic carbocycles. The minimum Gasteiger partial charge on any atom is -0.480 e. The molecule has 0 aliphatic carbocycles. The molecule has 1 aliphatic heterocycles. The van der Waals surface area contributed by atoms with Gasteiger partial charge >= 0.3 is 23.9 Å². The van der Waals surface area contributed by atoms with E-state index >= 15 is 0 Å². The molecule has 1 rings (SSSR count). The predicted molar refractivity (Wildman–Crippen MR) is 152 cm³/mol. The summed E-state index contributed by atoms with van der Waals surface area (Å²) in [5.41, 5.74) is 2.33. The van der Waals surface area contributed by atoms with E-state index in [0.717, 1.165) is 18.6 Å². The molecule has 0 saturated carbocycles. The minimum atomic E-state index is -1.03. The molecule has 16 nitrogen and oxygen atoms in total. The van der Waals surface area contributed by atoms with Crippen LogP contribution in [-0.2, 0) is 24.0 Å². The van der Waals surface area contributed by atoms with Crippen molar-refractivity contribution in [2.24, 2.45) is 0 Å². The molecule has 1 saturated heterocycles. The van der Waals surface area contributed by atoms with Gasteiger partial charge in [-0.15, -0.1) is 0 Å². The number of thioether (sulfide) groups is 1. The number of hydroxylamine groups is 1. The van der Waals surface area contributed by atoms with Crippen LogP contribution in [0, 0.1) is 0 Å². The average molecular weight is 608 g/mol. The summed E-state index contributed by atoms with van der Waals surface area (Å²) in [6.07, 6.45) is 3.95. The first-order valence-corrected chi connectivity index (χ1v) is 14.9. The van der Waals surface area contributed by atoms with Crippen molar-refractivity contribution in [3.63, 3.8) is 0 Å². The van der Waals surface area contributed by atoms with Crippen molar-refractivity contribution in [2.45, 2.75) is 12.8 Å². The van der Waals surface area contributed by atoms with Gasteiger partial charge in [0.15, 0.2) is 0 Å². The molecule has 0 radical (unpaired) electrons. The van der Waals surface area contributed by atoms with Crippen molar-refractivity contribution in [1.82, 2.24) is 35.7 Å². The Kier molecular flexibility index (Phi) is 19.5. The molecule has 0 atom stereocenters. The molecule has 0 unspecified atom stereocenters. The monoisotopic (exact) mass is 607 g/mol. The number of carboxylic acids is 3. The van der Waals surface area contributed by atoms with E-state index in [1.807, 2.05) is 6.26 Å². The van der Waals surface area contributed by atoms with Gasteiger partial charge < -0.3 is 26.0 Å².